The average Bonchev–Trinajstić information content (AvgIpc) is 3.56. The van der Waals surface area contributed by atoms with Crippen molar-refractivity contribution in [3.05, 3.63) is 63.7 Å². The molecule has 10 heteroatoms. The van der Waals surface area contributed by atoms with Crippen molar-refractivity contribution in [1.82, 2.24) is 14.8 Å². The van der Waals surface area contributed by atoms with Crippen LogP contribution in [-0.4, -0.2) is 51.0 Å². The second kappa shape index (κ2) is 8.86. The lowest BCUT2D eigenvalue weighted by Gasteiger charge is -2.19. The molecule has 1 aromatic heterocycles. The molecular weight excluding hydrogens is 440 g/mol. The summed E-state index contributed by atoms with van der Waals surface area (Å²) in [4.78, 5) is 27.6. The molecule has 33 heavy (non-hydrogen) atoms. The van der Waals surface area contributed by atoms with Crippen LogP contribution in [0.15, 0.2) is 47.6 Å². The molecule has 0 spiro atoms. The first-order valence-electron chi connectivity index (χ1n) is 11.0. The molecule has 3 aromatic rings. The van der Waals surface area contributed by atoms with E-state index in [2.05, 4.69) is 27.2 Å². The fourth-order valence-electron chi connectivity index (χ4n) is 4.36. The second-order valence-corrected chi connectivity index (χ2v) is 9.24. The van der Waals surface area contributed by atoms with Crippen molar-refractivity contribution in [2.75, 3.05) is 35.2 Å². The van der Waals surface area contributed by atoms with E-state index in [0.29, 0.717) is 18.1 Å². The largest absolute Gasteiger partial charge is 0.341 e. The SMILES string of the molecule is Cc1ccc(-n2c(SCC(=O)N3CCc4cc([N+](=O)[O-])ccc43)nnc2N2CCCC2)cc1. The van der Waals surface area contributed by atoms with E-state index >= 15 is 0 Å². The number of amides is 1. The number of thioether (sulfide) groups is 1. The number of aromatic nitrogens is 3. The van der Waals surface area contributed by atoms with Gasteiger partial charge in [0, 0.05) is 37.5 Å². The number of benzene rings is 2. The summed E-state index contributed by atoms with van der Waals surface area (Å²) in [5.41, 5.74) is 3.79. The van der Waals surface area contributed by atoms with Crippen LogP contribution in [0.4, 0.5) is 17.3 Å². The third kappa shape index (κ3) is 4.18. The van der Waals surface area contributed by atoms with Gasteiger partial charge in [-0.3, -0.25) is 19.5 Å². The van der Waals surface area contributed by atoms with Crippen molar-refractivity contribution in [3.8, 4) is 5.69 Å². The maximum atomic E-state index is 13.1. The molecule has 5 rings (SSSR count). The molecule has 0 bridgehead atoms. The number of hydrogen-bond donors (Lipinski definition) is 0. The van der Waals surface area contributed by atoms with Crippen LogP contribution in [0.1, 0.15) is 24.0 Å². The first kappa shape index (κ1) is 21.4. The fourth-order valence-corrected chi connectivity index (χ4v) is 5.19. The van der Waals surface area contributed by atoms with Gasteiger partial charge in [-0.1, -0.05) is 29.5 Å². The first-order chi connectivity index (χ1) is 16.0. The highest BCUT2D eigenvalue weighted by Crippen LogP contribution is 2.33. The Hall–Kier alpha value is -3.40. The van der Waals surface area contributed by atoms with E-state index in [1.54, 1.807) is 17.0 Å². The van der Waals surface area contributed by atoms with Gasteiger partial charge in [-0.05, 0) is 49.9 Å². The zero-order chi connectivity index (χ0) is 22.9. The minimum absolute atomic E-state index is 0.0474. The van der Waals surface area contributed by atoms with Crippen LogP contribution < -0.4 is 9.80 Å². The zero-order valence-corrected chi connectivity index (χ0v) is 19.1. The molecule has 1 amide bonds. The number of aryl methyl sites for hydroxylation is 1. The maximum absolute atomic E-state index is 13.1. The molecule has 0 unspecified atom stereocenters. The number of fused-ring (bicyclic) bond motifs is 1. The van der Waals surface area contributed by atoms with Crippen molar-refractivity contribution >= 4 is 35.0 Å². The quantitative estimate of drug-likeness (QED) is 0.311. The Morgan fingerprint density at radius 3 is 2.58 bits per heavy atom. The van der Waals surface area contributed by atoms with Gasteiger partial charge in [0.1, 0.15) is 0 Å². The number of nitro groups is 1. The molecule has 0 atom stereocenters. The molecule has 1 saturated heterocycles. The lowest BCUT2D eigenvalue weighted by atomic mass is 10.1. The average molecular weight is 465 g/mol. The number of rotatable bonds is 6. The van der Waals surface area contributed by atoms with Crippen molar-refractivity contribution in [2.24, 2.45) is 0 Å². The standard InChI is InChI=1S/C23H24N6O3S/c1-16-4-6-18(7-5-16)28-22(26-11-2-3-12-26)24-25-23(28)33-15-21(30)27-13-10-17-14-19(29(31)32)8-9-20(17)27/h4-9,14H,2-3,10-13,15H2,1H3. The molecule has 3 heterocycles. The van der Waals surface area contributed by atoms with Gasteiger partial charge in [0.05, 0.1) is 16.4 Å². The number of anilines is 2. The first-order valence-corrected chi connectivity index (χ1v) is 12.0. The molecule has 0 radical (unpaired) electrons. The van der Waals surface area contributed by atoms with Gasteiger partial charge in [0.2, 0.25) is 11.9 Å². The van der Waals surface area contributed by atoms with Crippen LogP contribution in [0.2, 0.25) is 0 Å². The minimum atomic E-state index is -0.406. The summed E-state index contributed by atoms with van der Waals surface area (Å²) < 4.78 is 2.03. The molecule has 0 saturated carbocycles. The summed E-state index contributed by atoms with van der Waals surface area (Å²) in [6.07, 6.45) is 2.88. The van der Waals surface area contributed by atoms with Crippen LogP contribution in [0, 0.1) is 17.0 Å². The van der Waals surface area contributed by atoms with E-state index < -0.39 is 4.92 Å². The summed E-state index contributed by atoms with van der Waals surface area (Å²) in [6, 6.07) is 12.9. The fraction of sp³-hybridized carbons (Fsp3) is 0.348. The lowest BCUT2D eigenvalue weighted by molar-refractivity contribution is -0.384. The number of non-ortho nitro benzene ring substituents is 1. The smallest absolute Gasteiger partial charge is 0.269 e. The molecule has 0 N–H and O–H groups in total. The van der Waals surface area contributed by atoms with Gasteiger partial charge < -0.3 is 9.80 Å². The summed E-state index contributed by atoms with van der Waals surface area (Å²) in [7, 11) is 0. The molecule has 0 aliphatic carbocycles. The molecular formula is C23H24N6O3S. The topological polar surface area (TPSA) is 97.4 Å². The minimum Gasteiger partial charge on any atom is -0.341 e. The van der Waals surface area contributed by atoms with Crippen molar-refractivity contribution in [3.63, 3.8) is 0 Å². The van der Waals surface area contributed by atoms with Gasteiger partial charge in [0.15, 0.2) is 5.16 Å². The van der Waals surface area contributed by atoms with E-state index in [-0.39, 0.29) is 17.3 Å². The molecule has 170 valence electrons. The molecule has 2 aliphatic heterocycles. The summed E-state index contributed by atoms with van der Waals surface area (Å²) in [5, 5.41) is 20.6. The maximum Gasteiger partial charge on any atom is 0.269 e. The highest BCUT2D eigenvalue weighted by atomic mass is 32.2. The van der Waals surface area contributed by atoms with Crippen LogP contribution >= 0.6 is 11.8 Å². The van der Waals surface area contributed by atoms with Crippen LogP contribution in [0.5, 0.6) is 0 Å². The van der Waals surface area contributed by atoms with Gasteiger partial charge >= 0.3 is 0 Å². The van der Waals surface area contributed by atoms with E-state index in [1.165, 1.54) is 23.4 Å². The van der Waals surface area contributed by atoms with Crippen LogP contribution in [0.3, 0.4) is 0 Å². The van der Waals surface area contributed by atoms with Crippen LogP contribution in [-0.2, 0) is 11.2 Å². The third-order valence-electron chi connectivity index (χ3n) is 6.09. The predicted octanol–water partition coefficient (Wildman–Crippen LogP) is 3.77. The summed E-state index contributed by atoms with van der Waals surface area (Å²) >= 11 is 1.37. The second-order valence-electron chi connectivity index (χ2n) is 8.30. The van der Waals surface area contributed by atoms with E-state index in [1.807, 2.05) is 23.6 Å². The Kier molecular flexibility index (Phi) is 5.76. The predicted molar refractivity (Wildman–Crippen MR) is 127 cm³/mol. The Labute approximate surface area is 195 Å². The lowest BCUT2D eigenvalue weighted by Crippen LogP contribution is -2.30. The van der Waals surface area contributed by atoms with Crippen LogP contribution in [0.25, 0.3) is 5.69 Å². The van der Waals surface area contributed by atoms with Gasteiger partial charge in [-0.15, -0.1) is 10.2 Å². The van der Waals surface area contributed by atoms with Crippen molar-refractivity contribution in [2.45, 2.75) is 31.3 Å². The molecule has 9 nitrogen and oxygen atoms in total. The molecule has 1 fully saturated rings. The number of hydrogen-bond acceptors (Lipinski definition) is 7. The highest BCUT2D eigenvalue weighted by molar-refractivity contribution is 7.99. The number of carbonyl (C=O) groups excluding carboxylic acids is 1. The molecule has 2 aliphatic rings. The molecule has 2 aromatic carbocycles. The van der Waals surface area contributed by atoms with Crippen molar-refractivity contribution in [1.29, 1.82) is 0 Å². The Bertz CT molecular complexity index is 1200. The number of carbonyl (C=O) groups is 1. The van der Waals surface area contributed by atoms with Gasteiger partial charge in [0.25, 0.3) is 5.69 Å². The van der Waals surface area contributed by atoms with Gasteiger partial charge in [-0.2, -0.15) is 0 Å². The Balaban J connectivity index is 1.37. The Morgan fingerprint density at radius 2 is 1.85 bits per heavy atom. The number of nitrogens with zero attached hydrogens (tertiary/aromatic N) is 6. The number of nitro benzene ring substituents is 1. The normalized spacial score (nSPS) is 15.2. The van der Waals surface area contributed by atoms with E-state index in [4.69, 9.17) is 0 Å². The summed E-state index contributed by atoms with van der Waals surface area (Å²) in [6.45, 7) is 4.47. The Morgan fingerprint density at radius 1 is 1.09 bits per heavy atom. The van der Waals surface area contributed by atoms with Crippen molar-refractivity contribution < 1.29 is 9.72 Å². The monoisotopic (exact) mass is 464 g/mol. The van der Waals surface area contributed by atoms with E-state index in [9.17, 15) is 14.9 Å². The summed E-state index contributed by atoms with van der Waals surface area (Å²) in [5.74, 6) is 0.972. The third-order valence-corrected chi connectivity index (χ3v) is 7.01. The van der Waals surface area contributed by atoms with Gasteiger partial charge in [-0.25, -0.2) is 0 Å². The highest BCUT2D eigenvalue weighted by Gasteiger charge is 2.28. The zero-order valence-electron chi connectivity index (χ0n) is 18.3. The van der Waals surface area contributed by atoms with E-state index in [0.717, 1.165) is 48.8 Å².